The van der Waals surface area contributed by atoms with E-state index in [2.05, 4.69) is 30.6 Å². The van der Waals surface area contributed by atoms with Gasteiger partial charge in [-0.25, -0.2) is 4.98 Å². The quantitative estimate of drug-likeness (QED) is 0.407. The van der Waals surface area contributed by atoms with Crippen molar-refractivity contribution in [3.63, 3.8) is 0 Å². The SMILES string of the molecule is CC(=O)O.CCCSc1nc(N2CCC[C@@H](CC(=O)O)C2)ccc1C(=O)N(C(C)C)C1CCCCC1. The van der Waals surface area contributed by atoms with Crippen molar-refractivity contribution in [2.24, 2.45) is 5.92 Å². The number of thioether (sulfide) groups is 1. The fourth-order valence-electron chi connectivity index (χ4n) is 5.09. The second kappa shape index (κ2) is 15.1. The lowest BCUT2D eigenvalue weighted by atomic mass is 9.93. The Morgan fingerprint density at radius 3 is 2.36 bits per heavy atom. The summed E-state index contributed by atoms with van der Waals surface area (Å²) in [5.74, 6) is 0.472. The first-order valence-electron chi connectivity index (χ1n) is 13.3. The number of hydrogen-bond acceptors (Lipinski definition) is 6. The molecule has 3 rings (SSSR count). The molecular formula is C27H43N3O5S. The molecule has 1 saturated carbocycles. The summed E-state index contributed by atoms with van der Waals surface area (Å²) in [6, 6.07) is 4.40. The van der Waals surface area contributed by atoms with E-state index >= 15 is 0 Å². The molecule has 2 N–H and O–H groups in total. The van der Waals surface area contributed by atoms with Gasteiger partial charge in [0.05, 0.1) is 5.56 Å². The molecule has 0 spiro atoms. The van der Waals surface area contributed by atoms with Gasteiger partial charge in [0.15, 0.2) is 0 Å². The van der Waals surface area contributed by atoms with Gasteiger partial charge in [0.1, 0.15) is 10.8 Å². The molecule has 0 bridgehead atoms. The Balaban J connectivity index is 0.00000106. The van der Waals surface area contributed by atoms with Crippen LogP contribution >= 0.6 is 11.8 Å². The van der Waals surface area contributed by atoms with Crippen LogP contribution in [0.3, 0.4) is 0 Å². The standard InChI is InChI=1S/C25H39N3O3S.C2H4O2/c1-4-15-32-24-21(25(31)28(18(2)3)20-10-6-5-7-11-20)12-13-22(26-24)27-14-8-9-19(17-27)16-23(29)30;1-2(3)4/h12-13,18-20H,4-11,14-17H2,1-3H3,(H,29,30);1H3,(H,3,4)/t19-;/m0./s1. The topological polar surface area (TPSA) is 111 Å². The predicted octanol–water partition coefficient (Wildman–Crippen LogP) is 5.55. The van der Waals surface area contributed by atoms with Gasteiger partial charge in [-0.15, -0.1) is 11.8 Å². The Morgan fingerprint density at radius 1 is 1.11 bits per heavy atom. The highest BCUT2D eigenvalue weighted by molar-refractivity contribution is 7.99. The van der Waals surface area contributed by atoms with E-state index in [1.54, 1.807) is 11.8 Å². The molecule has 1 aliphatic heterocycles. The molecule has 36 heavy (non-hydrogen) atoms. The second-order valence-corrected chi connectivity index (χ2v) is 11.1. The van der Waals surface area contributed by atoms with Crippen LogP contribution < -0.4 is 4.90 Å². The van der Waals surface area contributed by atoms with Crippen molar-refractivity contribution in [3.8, 4) is 0 Å². The summed E-state index contributed by atoms with van der Waals surface area (Å²) in [7, 11) is 0. The van der Waals surface area contributed by atoms with Gasteiger partial charge in [-0.3, -0.25) is 14.4 Å². The average molecular weight is 522 g/mol. The average Bonchev–Trinajstić information content (AvgIpc) is 2.82. The van der Waals surface area contributed by atoms with Crippen LogP contribution in [0, 0.1) is 5.92 Å². The molecule has 9 heteroatoms. The monoisotopic (exact) mass is 521 g/mol. The van der Waals surface area contributed by atoms with Gasteiger partial charge >= 0.3 is 5.97 Å². The van der Waals surface area contributed by atoms with Crippen LogP contribution in [0.1, 0.15) is 95.8 Å². The van der Waals surface area contributed by atoms with Crippen molar-refractivity contribution in [3.05, 3.63) is 17.7 Å². The van der Waals surface area contributed by atoms with Crippen LogP contribution in [0.4, 0.5) is 5.82 Å². The van der Waals surface area contributed by atoms with Crippen molar-refractivity contribution in [1.29, 1.82) is 0 Å². The molecule has 1 aliphatic carbocycles. The number of aliphatic carboxylic acids is 2. The Hall–Kier alpha value is -2.29. The number of piperidine rings is 1. The van der Waals surface area contributed by atoms with Crippen LogP contribution in [0.2, 0.25) is 0 Å². The van der Waals surface area contributed by atoms with E-state index in [1.165, 1.54) is 19.3 Å². The Kier molecular flexibility index (Phi) is 12.5. The predicted molar refractivity (Wildman–Crippen MR) is 144 cm³/mol. The van der Waals surface area contributed by atoms with Crippen LogP contribution in [0.25, 0.3) is 0 Å². The first-order valence-corrected chi connectivity index (χ1v) is 14.2. The normalized spacial score (nSPS) is 18.4. The van der Waals surface area contributed by atoms with Gasteiger partial charge in [-0.2, -0.15) is 0 Å². The maximum atomic E-state index is 13.7. The van der Waals surface area contributed by atoms with Gasteiger partial charge in [0.2, 0.25) is 0 Å². The van der Waals surface area contributed by atoms with Crippen LogP contribution in [0.15, 0.2) is 17.2 Å². The number of nitrogens with zero attached hydrogens (tertiary/aromatic N) is 3. The highest BCUT2D eigenvalue weighted by Crippen LogP contribution is 2.31. The van der Waals surface area contributed by atoms with Crippen LogP contribution in [-0.2, 0) is 9.59 Å². The summed E-state index contributed by atoms with van der Waals surface area (Å²) >= 11 is 1.66. The van der Waals surface area contributed by atoms with Gasteiger partial charge in [0.25, 0.3) is 11.9 Å². The number of anilines is 1. The van der Waals surface area contributed by atoms with E-state index in [0.29, 0.717) is 18.2 Å². The van der Waals surface area contributed by atoms with E-state index in [-0.39, 0.29) is 24.3 Å². The van der Waals surface area contributed by atoms with Gasteiger partial charge in [0, 0.05) is 38.5 Å². The Labute approximate surface area is 219 Å². The number of rotatable bonds is 9. The summed E-state index contributed by atoms with van der Waals surface area (Å²) < 4.78 is 0. The third-order valence-corrected chi connectivity index (χ3v) is 7.78. The number of amides is 1. The molecule has 0 aromatic carbocycles. The van der Waals surface area contributed by atoms with Gasteiger partial charge in [-0.05, 0) is 69.8 Å². The number of pyridine rings is 1. The molecule has 0 radical (unpaired) electrons. The molecule has 1 amide bonds. The number of carbonyl (C=O) groups is 3. The first kappa shape index (κ1) is 29.9. The van der Waals surface area contributed by atoms with Gasteiger partial charge in [-0.1, -0.05) is 26.2 Å². The summed E-state index contributed by atoms with van der Waals surface area (Å²) in [4.78, 5) is 43.1. The summed E-state index contributed by atoms with van der Waals surface area (Å²) in [6.07, 6.45) is 8.98. The largest absolute Gasteiger partial charge is 0.481 e. The third-order valence-electron chi connectivity index (χ3n) is 6.58. The lowest BCUT2D eigenvalue weighted by Gasteiger charge is -2.38. The molecule has 2 fully saturated rings. The molecule has 8 nitrogen and oxygen atoms in total. The van der Waals surface area contributed by atoms with E-state index in [0.717, 1.165) is 62.2 Å². The summed E-state index contributed by atoms with van der Waals surface area (Å²) in [5.41, 5.74) is 0.713. The fraction of sp³-hybridized carbons (Fsp3) is 0.704. The lowest BCUT2D eigenvalue weighted by Crippen LogP contribution is -2.46. The second-order valence-electron chi connectivity index (χ2n) is 10.0. The van der Waals surface area contributed by atoms with E-state index in [9.17, 15) is 14.7 Å². The van der Waals surface area contributed by atoms with Crippen LogP contribution in [-0.4, -0.2) is 68.9 Å². The number of carboxylic acid groups (broad SMARTS) is 2. The highest BCUT2D eigenvalue weighted by Gasteiger charge is 2.31. The van der Waals surface area contributed by atoms with Gasteiger partial charge < -0.3 is 20.0 Å². The molecule has 1 aromatic heterocycles. The molecule has 0 unspecified atom stereocenters. The number of carbonyl (C=O) groups excluding carboxylic acids is 1. The summed E-state index contributed by atoms with van der Waals surface area (Å²) in [5, 5.41) is 17.4. The zero-order chi connectivity index (χ0) is 26.7. The Morgan fingerprint density at radius 2 is 1.78 bits per heavy atom. The maximum Gasteiger partial charge on any atom is 0.303 e. The third kappa shape index (κ3) is 9.30. The molecule has 2 heterocycles. The zero-order valence-electron chi connectivity index (χ0n) is 22.2. The number of aromatic nitrogens is 1. The number of carboxylic acids is 2. The molecular weight excluding hydrogens is 478 g/mol. The first-order chi connectivity index (χ1) is 17.1. The minimum atomic E-state index is -0.833. The smallest absolute Gasteiger partial charge is 0.303 e. The minimum absolute atomic E-state index is 0.104. The molecule has 1 saturated heterocycles. The van der Waals surface area contributed by atoms with Crippen LogP contribution in [0.5, 0.6) is 0 Å². The maximum absolute atomic E-state index is 13.7. The number of hydrogen-bond donors (Lipinski definition) is 2. The Bertz CT molecular complexity index is 869. The zero-order valence-corrected chi connectivity index (χ0v) is 23.1. The van der Waals surface area contributed by atoms with Crippen molar-refractivity contribution < 1.29 is 24.6 Å². The van der Waals surface area contributed by atoms with E-state index in [1.807, 2.05) is 12.1 Å². The summed E-state index contributed by atoms with van der Waals surface area (Å²) in [6.45, 7) is 9.05. The molecule has 1 aromatic rings. The van der Waals surface area contributed by atoms with E-state index < -0.39 is 11.9 Å². The fourth-order valence-corrected chi connectivity index (χ4v) is 5.95. The lowest BCUT2D eigenvalue weighted by molar-refractivity contribution is -0.138. The molecule has 1 atom stereocenters. The minimum Gasteiger partial charge on any atom is -0.481 e. The van der Waals surface area contributed by atoms with Crippen molar-refractivity contribution in [1.82, 2.24) is 9.88 Å². The molecule has 202 valence electrons. The molecule has 2 aliphatic rings. The van der Waals surface area contributed by atoms with E-state index in [4.69, 9.17) is 14.9 Å². The highest BCUT2D eigenvalue weighted by atomic mass is 32.2. The van der Waals surface area contributed by atoms with Crippen molar-refractivity contribution >= 4 is 35.4 Å². The van der Waals surface area contributed by atoms with Crippen molar-refractivity contribution in [2.75, 3.05) is 23.7 Å². The van der Waals surface area contributed by atoms with Crippen molar-refractivity contribution in [2.45, 2.75) is 103 Å².